The van der Waals surface area contributed by atoms with Gasteiger partial charge in [-0.05, 0) is 36.7 Å². The maximum Gasteiger partial charge on any atom is 0.262 e. The Morgan fingerprint density at radius 1 is 0.552 bits per heavy atom. The fourth-order valence-electron chi connectivity index (χ4n) is 3.17. The van der Waals surface area contributed by atoms with E-state index >= 15 is 0 Å². The Labute approximate surface area is 172 Å². The predicted octanol–water partition coefficient (Wildman–Crippen LogP) is 4.25. The number of para-hydroxylation sites is 1. The summed E-state index contributed by atoms with van der Waals surface area (Å²) < 4.78 is 29.3. The van der Waals surface area contributed by atoms with Gasteiger partial charge in [-0.15, -0.1) is 0 Å². The van der Waals surface area contributed by atoms with Gasteiger partial charge in [-0.2, -0.15) is 0 Å². The number of hydrogen-bond donors (Lipinski definition) is 1. The number of benzene rings is 4. The first-order chi connectivity index (χ1) is 14.1. The summed E-state index contributed by atoms with van der Waals surface area (Å²) in [4.78, 5) is 0.308. The Morgan fingerprint density at radius 3 is 1.55 bits per heavy atom. The number of hydrogen-bond acceptors (Lipinski definition) is 2. The molecule has 0 aliphatic carbocycles. The molecule has 4 aromatic carbocycles. The lowest BCUT2D eigenvalue weighted by Gasteiger charge is -2.22. The fraction of sp³-hybridized carbons (Fsp3) is 0. The highest BCUT2D eigenvalue weighted by Gasteiger charge is 2.25. The normalized spacial score (nSPS) is 11.3. The Kier molecular flexibility index (Phi) is 5.75. The second-order valence-electron chi connectivity index (χ2n) is 6.45. The van der Waals surface area contributed by atoms with Crippen molar-refractivity contribution in [2.75, 3.05) is 4.72 Å². The predicted molar refractivity (Wildman–Crippen MR) is 122 cm³/mol. The van der Waals surface area contributed by atoms with Crippen LogP contribution in [0.15, 0.2) is 120 Å². The van der Waals surface area contributed by atoms with Crippen LogP contribution in [0.3, 0.4) is 0 Å². The molecule has 3 nitrogen and oxygen atoms in total. The topological polar surface area (TPSA) is 46.2 Å². The monoisotopic (exact) mass is 417 g/mol. The average Bonchev–Trinajstić information content (AvgIpc) is 2.76. The van der Waals surface area contributed by atoms with Gasteiger partial charge in [0.2, 0.25) is 0 Å². The van der Waals surface area contributed by atoms with Crippen molar-refractivity contribution in [2.24, 2.45) is 0 Å². The van der Waals surface area contributed by atoms with Crippen molar-refractivity contribution in [1.29, 1.82) is 0 Å². The van der Waals surface area contributed by atoms with Crippen molar-refractivity contribution >= 4 is 39.5 Å². The minimum atomic E-state index is -3.74. The molecular formula is C24H20NO2PS. The summed E-state index contributed by atoms with van der Waals surface area (Å²) in [6.07, 6.45) is 0. The Bertz CT molecular complexity index is 1140. The smallest absolute Gasteiger partial charge is 0.262 e. The summed E-state index contributed by atoms with van der Waals surface area (Å²) in [6, 6.07) is 36.4. The van der Waals surface area contributed by atoms with E-state index in [9.17, 15) is 8.42 Å². The zero-order chi connectivity index (χ0) is 20.1. The van der Waals surface area contributed by atoms with Crippen LogP contribution in [-0.4, -0.2) is 8.42 Å². The van der Waals surface area contributed by atoms with Crippen LogP contribution >= 0.6 is 7.92 Å². The third-order valence-corrected chi connectivity index (χ3v) is 8.54. The van der Waals surface area contributed by atoms with Crippen LogP contribution in [0, 0.1) is 0 Å². The van der Waals surface area contributed by atoms with Crippen LogP contribution < -0.4 is 20.6 Å². The Morgan fingerprint density at radius 2 is 1.00 bits per heavy atom. The van der Waals surface area contributed by atoms with Gasteiger partial charge < -0.3 is 0 Å². The first-order valence-corrected chi connectivity index (χ1v) is 12.0. The van der Waals surface area contributed by atoms with Gasteiger partial charge in [-0.1, -0.05) is 97.1 Å². The van der Waals surface area contributed by atoms with E-state index < -0.39 is 17.9 Å². The highest BCUT2D eigenvalue weighted by Crippen LogP contribution is 2.35. The van der Waals surface area contributed by atoms with Crippen molar-refractivity contribution in [2.45, 2.75) is 4.90 Å². The van der Waals surface area contributed by atoms with Crippen LogP contribution in [0.2, 0.25) is 0 Å². The van der Waals surface area contributed by atoms with Crippen LogP contribution in [0.1, 0.15) is 0 Å². The quantitative estimate of drug-likeness (QED) is 0.477. The van der Waals surface area contributed by atoms with Crippen LogP contribution in [0.5, 0.6) is 0 Å². The number of sulfonamides is 1. The first-order valence-electron chi connectivity index (χ1n) is 9.22. The lowest BCUT2D eigenvalue weighted by atomic mass is 10.3. The third kappa shape index (κ3) is 4.40. The molecule has 0 aliphatic heterocycles. The van der Waals surface area contributed by atoms with Crippen molar-refractivity contribution in [3.05, 3.63) is 115 Å². The zero-order valence-electron chi connectivity index (χ0n) is 15.6. The van der Waals surface area contributed by atoms with Crippen LogP contribution in [0.4, 0.5) is 5.69 Å². The van der Waals surface area contributed by atoms with Crippen molar-refractivity contribution in [3.63, 3.8) is 0 Å². The maximum atomic E-state index is 13.3. The standard InChI is InChI=1S/C24H20NO2PS/c26-29(27,25-20-12-4-1-5-13-20)24-19-11-10-18-23(24)28(21-14-6-2-7-15-21)22-16-8-3-9-17-22/h1-19,25H. The van der Waals surface area contributed by atoms with E-state index in [0.717, 1.165) is 15.9 Å². The van der Waals surface area contributed by atoms with E-state index in [0.29, 0.717) is 10.6 Å². The summed E-state index contributed by atoms with van der Waals surface area (Å²) in [5.41, 5.74) is 0.547. The molecule has 0 bridgehead atoms. The molecule has 0 saturated carbocycles. The van der Waals surface area contributed by atoms with E-state index in [1.54, 1.807) is 24.3 Å². The summed E-state index contributed by atoms with van der Waals surface area (Å²) >= 11 is 0. The molecule has 0 saturated heterocycles. The number of nitrogens with one attached hydrogen (secondary N) is 1. The lowest BCUT2D eigenvalue weighted by Crippen LogP contribution is -2.27. The lowest BCUT2D eigenvalue weighted by molar-refractivity contribution is 0.602. The maximum absolute atomic E-state index is 13.3. The molecular weight excluding hydrogens is 397 g/mol. The zero-order valence-corrected chi connectivity index (χ0v) is 17.4. The number of rotatable bonds is 6. The molecule has 144 valence electrons. The molecule has 29 heavy (non-hydrogen) atoms. The van der Waals surface area contributed by atoms with E-state index in [2.05, 4.69) is 29.0 Å². The molecule has 1 N–H and O–H groups in total. The summed E-state index contributed by atoms with van der Waals surface area (Å²) in [5, 5.41) is 3.02. The largest absolute Gasteiger partial charge is 0.280 e. The van der Waals surface area contributed by atoms with Crippen molar-refractivity contribution in [3.8, 4) is 0 Å². The Balaban J connectivity index is 1.85. The first kappa shape index (κ1) is 19.4. The molecule has 0 atom stereocenters. The number of anilines is 1. The molecule has 0 radical (unpaired) electrons. The van der Waals surface area contributed by atoms with Gasteiger partial charge in [-0.25, -0.2) is 8.42 Å². The van der Waals surface area contributed by atoms with Gasteiger partial charge in [0.05, 0.1) is 4.90 Å². The summed E-state index contributed by atoms with van der Waals surface area (Å²) in [6.45, 7) is 0. The average molecular weight is 417 g/mol. The van der Waals surface area contributed by atoms with Crippen molar-refractivity contribution < 1.29 is 8.42 Å². The fourth-order valence-corrected chi connectivity index (χ4v) is 7.28. The molecule has 5 heteroatoms. The summed E-state index contributed by atoms with van der Waals surface area (Å²) in [5.74, 6) is 0. The molecule has 0 aliphatic rings. The molecule has 0 spiro atoms. The third-order valence-electron chi connectivity index (χ3n) is 4.45. The SMILES string of the molecule is O=S(=O)(Nc1ccccc1)c1ccccc1P(c1ccccc1)c1ccccc1. The van der Waals surface area contributed by atoms with Gasteiger partial charge in [0.25, 0.3) is 10.0 Å². The van der Waals surface area contributed by atoms with Gasteiger partial charge in [-0.3, -0.25) is 4.72 Å². The highest BCUT2D eigenvalue weighted by molar-refractivity contribution is 7.94. The minimum Gasteiger partial charge on any atom is -0.280 e. The molecule has 4 aromatic rings. The second kappa shape index (κ2) is 8.60. The highest BCUT2D eigenvalue weighted by atomic mass is 32.2. The van der Waals surface area contributed by atoms with Gasteiger partial charge in [0.15, 0.2) is 0 Å². The minimum absolute atomic E-state index is 0.308. The van der Waals surface area contributed by atoms with E-state index in [1.165, 1.54) is 0 Å². The summed E-state index contributed by atoms with van der Waals surface area (Å²) in [7, 11) is -4.76. The van der Waals surface area contributed by atoms with Gasteiger partial charge in [0, 0.05) is 11.0 Å². The molecule has 0 aromatic heterocycles. The van der Waals surface area contributed by atoms with E-state index in [4.69, 9.17) is 0 Å². The van der Waals surface area contributed by atoms with Crippen LogP contribution in [0.25, 0.3) is 0 Å². The van der Waals surface area contributed by atoms with Gasteiger partial charge >= 0.3 is 0 Å². The molecule has 0 unspecified atom stereocenters. The van der Waals surface area contributed by atoms with Gasteiger partial charge in [0.1, 0.15) is 0 Å². The molecule has 0 amide bonds. The molecule has 4 rings (SSSR count). The van der Waals surface area contributed by atoms with E-state index in [-0.39, 0.29) is 0 Å². The van der Waals surface area contributed by atoms with Crippen molar-refractivity contribution in [1.82, 2.24) is 0 Å². The Hall–Kier alpha value is -2.94. The molecule has 0 fully saturated rings. The van der Waals surface area contributed by atoms with E-state index in [1.807, 2.05) is 66.7 Å². The van der Waals surface area contributed by atoms with Crippen LogP contribution in [-0.2, 0) is 10.0 Å². The molecule has 0 heterocycles. The second-order valence-corrected chi connectivity index (χ2v) is 10.3.